The third-order valence-corrected chi connectivity index (χ3v) is 7.32. The Kier molecular flexibility index (Phi) is 7.17. The van der Waals surface area contributed by atoms with Crippen molar-refractivity contribution in [1.29, 1.82) is 0 Å². The van der Waals surface area contributed by atoms with E-state index in [1.807, 2.05) is 0 Å². The molecule has 0 atom stereocenters. The number of hydrogen-bond acceptors (Lipinski definition) is 7. The number of benzene rings is 3. The number of hydrogen-bond donors (Lipinski definition) is 2. The molecule has 0 fully saturated rings. The molecule has 0 radical (unpaired) electrons. The molecule has 13 heteroatoms. The van der Waals surface area contributed by atoms with Crippen molar-refractivity contribution in [1.82, 2.24) is 0 Å². The van der Waals surface area contributed by atoms with Gasteiger partial charge in [0.05, 0.1) is 37.6 Å². The molecule has 34 heavy (non-hydrogen) atoms. The lowest BCUT2D eigenvalue weighted by Crippen LogP contribution is -2.17. The third kappa shape index (κ3) is 5.31. The number of sulfonamides is 2. The SMILES string of the molecule is COc1ccc(NS(=O)(=O)c2ccc(OC)c(S(=O)(=O)Nc3ccc(OC)c(F)c3)c2)cc1F. The molecule has 182 valence electrons. The van der Waals surface area contributed by atoms with Crippen molar-refractivity contribution < 1.29 is 39.8 Å². The maximum absolute atomic E-state index is 14.0. The predicted molar refractivity (Wildman–Crippen MR) is 121 cm³/mol. The minimum Gasteiger partial charge on any atom is -0.495 e. The maximum atomic E-state index is 14.0. The van der Waals surface area contributed by atoms with E-state index in [2.05, 4.69) is 9.44 Å². The summed E-state index contributed by atoms with van der Waals surface area (Å²) >= 11 is 0. The second-order valence-electron chi connectivity index (χ2n) is 6.72. The molecule has 0 unspecified atom stereocenters. The Morgan fingerprint density at radius 2 is 1.06 bits per heavy atom. The average Bonchev–Trinajstić information content (AvgIpc) is 2.78. The fraction of sp³-hybridized carbons (Fsp3) is 0.143. The van der Waals surface area contributed by atoms with Crippen molar-refractivity contribution in [3.05, 3.63) is 66.2 Å². The van der Waals surface area contributed by atoms with Crippen LogP contribution in [0, 0.1) is 11.6 Å². The van der Waals surface area contributed by atoms with Gasteiger partial charge in [0.1, 0.15) is 10.6 Å². The van der Waals surface area contributed by atoms with Gasteiger partial charge in [0, 0.05) is 12.1 Å². The van der Waals surface area contributed by atoms with Crippen LogP contribution in [0.3, 0.4) is 0 Å². The summed E-state index contributed by atoms with van der Waals surface area (Å²) in [5.41, 5.74) is -0.231. The quantitative estimate of drug-likeness (QED) is 0.448. The van der Waals surface area contributed by atoms with Gasteiger partial charge >= 0.3 is 0 Å². The Morgan fingerprint density at radius 3 is 1.50 bits per heavy atom. The summed E-state index contributed by atoms with van der Waals surface area (Å²) < 4.78 is 98.5. The van der Waals surface area contributed by atoms with Crippen LogP contribution >= 0.6 is 0 Å². The summed E-state index contributed by atoms with van der Waals surface area (Å²) in [6, 6.07) is 9.95. The van der Waals surface area contributed by atoms with Crippen LogP contribution in [0.2, 0.25) is 0 Å². The Hall–Kier alpha value is -3.58. The molecule has 0 heterocycles. The molecule has 0 bridgehead atoms. The molecular weight excluding hydrogens is 494 g/mol. The summed E-state index contributed by atoms with van der Waals surface area (Å²) in [4.78, 5) is -0.958. The van der Waals surface area contributed by atoms with Crippen LogP contribution in [0.1, 0.15) is 0 Å². The van der Waals surface area contributed by atoms with Crippen LogP contribution in [0.5, 0.6) is 17.2 Å². The van der Waals surface area contributed by atoms with E-state index in [0.29, 0.717) is 0 Å². The lowest BCUT2D eigenvalue weighted by Gasteiger charge is -2.15. The standard InChI is InChI=1S/C21H20F2N2O7S2/c1-30-18-7-4-13(10-16(18)22)24-33(26,27)15-6-9-20(32-3)21(12-15)34(28,29)25-14-5-8-19(31-2)17(23)11-14/h4-12,24-25H,1-3H3. The predicted octanol–water partition coefficient (Wildman–Crippen LogP) is 3.59. The second kappa shape index (κ2) is 9.73. The van der Waals surface area contributed by atoms with E-state index in [4.69, 9.17) is 14.2 Å². The van der Waals surface area contributed by atoms with Crippen molar-refractivity contribution in [2.24, 2.45) is 0 Å². The molecule has 2 N–H and O–H groups in total. The monoisotopic (exact) mass is 514 g/mol. The Bertz CT molecular complexity index is 1430. The molecule has 3 rings (SSSR count). The van der Waals surface area contributed by atoms with Gasteiger partial charge in [-0.1, -0.05) is 0 Å². The second-order valence-corrected chi connectivity index (χ2v) is 10.1. The van der Waals surface area contributed by atoms with Gasteiger partial charge in [-0.2, -0.15) is 0 Å². The first kappa shape index (κ1) is 25.1. The van der Waals surface area contributed by atoms with Crippen LogP contribution in [0.25, 0.3) is 0 Å². The Balaban J connectivity index is 1.97. The molecule has 0 saturated heterocycles. The van der Waals surface area contributed by atoms with Crippen molar-refractivity contribution in [3.63, 3.8) is 0 Å². The van der Waals surface area contributed by atoms with E-state index in [-0.39, 0.29) is 28.6 Å². The van der Waals surface area contributed by atoms with Crippen LogP contribution in [0.15, 0.2) is 64.4 Å². The molecule has 3 aromatic rings. The van der Waals surface area contributed by atoms with Gasteiger partial charge in [0.2, 0.25) is 0 Å². The minimum absolute atomic E-state index is 0.0816. The molecule has 0 spiro atoms. The minimum atomic E-state index is -4.42. The van der Waals surface area contributed by atoms with E-state index in [1.165, 1.54) is 45.6 Å². The zero-order chi connectivity index (χ0) is 25.1. The average molecular weight is 515 g/mol. The summed E-state index contributed by atoms with van der Waals surface area (Å²) in [5, 5.41) is 0. The molecule has 3 aromatic carbocycles. The van der Waals surface area contributed by atoms with Crippen molar-refractivity contribution in [2.75, 3.05) is 30.8 Å². The van der Waals surface area contributed by atoms with Crippen LogP contribution < -0.4 is 23.7 Å². The zero-order valence-corrected chi connectivity index (χ0v) is 19.8. The summed E-state index contributed by atoms with van der Waals surface area (Å²) in [6.45, 7) is 0. The van der Waals surface area contributed by atoms with Gasteiger partial charge in [-0.15, -0.1) is 0 Å². The normalized spacial score (nSPS) is 11.6. The lowest BCUT2D eigenvalue weighted by molar-refractivity contribution is 0.386. The molecule has 0 saturated carbocycles. The van der Waals surface area contributed by atoms with Gasteiger partial charge in [0.15, 0.2) is 23.1 Å². The van der Waals surface area contributed by atoms with E-state index in [0.717, 1.165) is 30.3 Å². The van der Waals surface area contributed by atoms with Gasteiger partial charge < -0.3 is 14.2 Å². The Labute approximate surface area is 195 Å². The van der Waals surface area contributed by atoms with Gasteiger partial charge in [0.25, 0.3) is 20.0 Å². The van der Waals surface area contributed by atoms with E-state index in [9.17, 15) is 25.6 Å². The third-order valence-electron chi connectivity index (χ3n) is 4.54. The number of ether oxygens (including phenoxy) is 3. The summed E-state index contributed by atoms with van der Waals surface area (Å²) in [5.74, 6) is -1.93. The first-order valence-electron chi connectivity index (χ1n) is 9.41. The van der Waals surface area contributed by atoms with Gasteiger partial charge in [-0.25, -0.2) is 25.6 Å². The number of rotatable bonds is 9. The molecule has 9 nitrogen and oxygen atoms in total. The fourth-order valence-corrected chi connectivity index (χ4v) is 5.31. The lowest BCUT2D eigenvalue weighted by atomic mass is 10.3. The topological polar surface area (TPSA) is 120 Å². The van der Waals surface area contributed by atoms with Crippen molar-refractivity contribution in [3.8, 4) is 17.2 Å². The van der Waals surface area contributed by atoms with E-state index in [1.54, 1.807) is 0 Å². The highest BCUT2D eigenvalue weighted by Gasteiger charge is 2.25. The summed E-state index contributed by atoms with van der Waals surface area (Å²) in [7, 11) is -5.02. The van der Waals surface area contributed by atoms with Crippen LogP contribution in [0.4, 0.5) is 20.2 Å². The van der Waals surface area contributed by atoms with Crippen molar-refractivity contribution in [2.45, 2.75) is 9.79 Å². The number of methoxy groups -OCH3 is 3. The molecule has 0 aliphatic rings. The van der Waals surface area contributed by atoms with E-state index >= 15 is 0 Å². The summed E-state index contributed by atoms with van der Waals surface area (Å²) in [6.07, 6.45) is 0. The highest BCUT2D eigenvalue weighted by Crippen LogP contribution is 2.31. The fourth-order valence-electron chi connectivity index (χ4n) is 2.92. The number of nitrogens with one attached hydrogen (secondary N) is 2. The van der Waals surface area contributed by atoms with E-state index < -0.39 is 41.5 Å². The van der Waals surface area contributed by atoms with Crippen LogP contribution in [-0.2, 0) is 20.0 Å². The van der Waals surface area contributed by atoms with Gasteiger partial charge in [-0.05, 0) is 42.5 Å². The first-order chi connectivity index (χ1) is 16.0. The largest absolute Gasteiger partial charge is 0.495 e. The van der Waals surface area contributed by atoms with Gasteiger partial charge in [-0.3, -0.25) is 9.44 Å². The number of anilines is 2. The van der Waals surface area contributed by atoms with Crippen LogP contribution in [-0.4, -0.2) is 38.2 Å². The Morgan fingerprint density at radius 1 is 0.618 bits per heavy atom. The molecule has 0 aliphatic carbocycles. The smallest absolute Gasteiger partial charge is 0.265 e. The maximum Gasteiger partial charge on any atom is 0.265 e. The molecule has 0 aromatic heterocycles. The molecule has 0 amide bonds. The number of halogens is 2. The highest BCUT2D eigenvalue weighted by molar-refractivity contribution is 7.93. The first-order valence-corrected chi connectivity index (χ1v) is 12.4. The van der Waals surface area contributed by atoms with Crippen molar-refractivity contribution >= 4 is 31.4 Å². The molecule has 0 aliphatic heterocycles. The zero-order valence-electron chi connectivity index (χ0n) is 18.1. The molecular formula is C21H20F2N2O7S2. The highest BCUT2D eigenvalue weighted by atomic mass is 32.2.